The van der Waals surface area contributed by atoms with Crippen LogP contribution in [0.4, 0.5) is 17.1 Å². The molecule has 0 spiro atoms. The van der Waals surface area contributed by atoms with Crippen molar-refractivity contribution >= 4 is 49.8 Å². The summed E-state index contributed by atoms with van der Waals surface area (Å²) in [7, 11) is 0. The summed E-state index contributed by atoms with van der Waals surface area (Å²) in [6.07, 6.45) is 0. The van der Waals surface area contributed by atoms with Crippen molar-refractivity contribution in [2.45, 2.75) is 19.3 Å². The van der Waals surface area contributed by atoms with Gasteiger partial charge >= 0.3 is 0 Å². The average Bonchev–Trinajstić information content (AvgIpc) is 3.69. The molecule has 0 amide bonds. The number of benzene rings is 8. The molecule has 0 unspecified atom stereocenters. The van der Waals surface area contributed by atoms with Gasteiger partial charge in [0.15, 0.2) is 0 Å². The van der Waals surface area contributed by atoms with Crippen LogP contribution in [0.25, 0.3) is 66.1 Å². The third-order valence-corrected chi connectivity index (χ3v) is 10.9. The number of fused-ring (bicyclic) bond motifs is 8. The maximum atomic E-state index is 6.64. The summed E-state index contributed by atoms with van der Waals surface area (Å²) in [4.78, 5) is 2.44. The molecule has 0 N–H and O–H groups in total. The van der Waals surface area contributed by atoms with Gasteiger partial charge in [-0.1, -0.05) is 147 Å². The molecule has 0 fully saturated rings. The number of para-hydroxylation sites is 2. The number of furan rings is 1. The maximum absolute atomic E-state index is 6.64. The third kappa shape index (κ3) is 4.57. The van der Waals surface area contributed by atoms with Crippen LogP contribution < -0.4 is 4.90 Å². The molecule has 242 valence electrons. The lowest BCUT2D eigenvalue weighted by Crippen LogP contribution is -2.16. The van der Waals surface area contributed by atoms with Gasteiger partial charge in [0.2, 0.25) is 0 Å². The maximum Gasteiger partial charge on any atom is 0.143 e. The Bertz CT molecular complexity index is 2770. The lowest BCUT2D eigenvalue weighted by Gasteiger charge is -2.30. The lowest BCUT2D eigenvalue weighted by molar-refractivity contribution is 0.660. The van der Waals surface area contributed by atoms with Crippen LogP contribution in [0.15, 0.2) is 180 Å². The highest BCUT2D eigenvalue weighted by Gasteiger charge is 2.36. The normalized spacial score (nSPS) is 13.1. The zero-order chi connectivity index (χ0) is 34.1. The van der Waals surface area contributed by atoms with Gasteiger partial charge in [-0.15, -0.1) is 0 Å². The smallest absolute Gasteiger partial charge is 0.143 e. The molecule has 10 rings (SSSR count). The first-order chi connectivity index (χ1) is 25.1. The summed E-state index contributed by atoms with van der Waals surface area (Å²) in [5, 5.41) is 4.55. The highest BCUT2D eigenvalue weighted by Crippen LogP contribution is 2.52. The molecule has 2 heteroatoms. The van der Waals surface area contributed by atoms with Crippen LogP contribution in [0.2, 0.25) is 0 Å². The first-order valence-electron chi connectivity index (χ1n) is 17.7. The van der Waals surface area contributed by atoms with Gasteiger partial charge in [0.1, 0.15) is 11.2 Å². The van der Waals surface area contributed by atoms with Crippen LogP contribution >= 0.6 is 0 Å². The lowest BCUT2D eigenvalue weighted by atomic mass is 9.82. The van der Waals surface area contributed by atoms with Crippen molar-refractivity contribution in [2.75, 3.05) is 4.90 Å². The zero-order valence-corrected chi connectivity index (χ0v) is 28.6. The molecule has 51 heavy (non-hydrogen) atoms. The Morgan fingerprint density at radius 2 is 1.08 bits per heavy atom. The predicted octanol–water partition coefficient (Wildman–Crippen LogP) is 13.8. The van der Waals surface area contributed by atoms with E-state index in [1.807, 2.05) is 0 Å². The van der Waals surface area contributed by atoms with E-state index in [0.29, 0.717) is 0 Å². The van der Waals surface area contributed by atoms with E-state index in [-0.39, 0.29) is 5.41 Å². The van der Waals surface area contributed by atoms with E-state index in [4.69, 9.17) is 4.42 Å². The molecular weight excluding hydrogens is 619 g/mol. The second-order valence-electron chi connectivity index (χ2n) is 14.1. The molecule has 0 saturated heterocycles. The average molecular weight is 654 g/mol. The van der Waals surface area contributed by atoms with E-state index in [0.717, 1.165) is 60.9 Å². The molecule has 8 aromatic carbocycles. The van der Waals surface area contributed by atoms with Gasteiger partial charge in [0.05, 0.1) is 5.69 Å². The standard InChI is InChI=1S/C49H35NO/c1-49(2)43-21-11-8-18-38(43)39-29-28-36(31-44(39)49)50(35-26-24-33(25-27-35)32-14-4-3-5-15-32)45-22-12-9-19-40(45)42-30-34-16-6-7-17-37(34)48-47(42)41-20-10-13-23-46(41)51-48/h3-31H,1-2H3. The van der Waals surface area contributed by atoms with Crippen molar-refractivity contribution in [3.05, 3.63) is 187 Å². The Hall–Kier alpha value is -6.38. The quantitative estimate of drug-likeness (QED) is 0.184. The summed E-state index contributed by atoms with van der Waals surface area (Å²) in [6.45, 7) is 4.70. The molecule has 1 aliphatic rings. The largest absolute Gasteiger partial charge is 0.455 e. The number of hydrogen-bond donors (Lipinski definition) is 0. The fourth-order valence-corrected chi connectivity index (χ4v) is 8.36. The molecule has 1 heterocycles. The van der Waals surface area contributed by atoms with Crippen molar-refractivity contribution in [3.63, 3.8) is 0 Å². The van der Waals surface area contributed by atoms with Gasteiger partial charge in [-0.3, -0.25) is 0 Å². The van der Waals surface area contributed by atoms with Crippen molar-refractivity contribution in [3.8, 4) is 33.4 Å². The minimum absolute atomic E-state index is 0.121. The van der Waals surface area contributed by atoms with Crippen molar-refractivity contribution in [1.82, 2.24) is 0 Å². The topological polar surface area (TPSA) is 16.4 Å². The van der Waals surface area contributed by atoms with Gasteiger partial charge < -0.3 is 9.32 Å². The fourth-order valence-electron chi connectivity index (χ4n) is 8.36. The third-order valence-electron chi connectivity index (χ3n) is 10.9. The van der Waals surface area contributed by atoms with E-state index in [1.54, 1.807) is 0 Å². The Morgan fingerprint density at radius 3 is 1.92 bits per heavy atom. The minimum atomic E-state index is -0.121. The molecule has 1 aromatic heterocycles. The van der Waals surface area contributed by atoms with Crippen LogP contribution in [0, 0.1) is 0 Å². The van der Waals surface area contributed by atoms with Crippen molar-refractivity contribution in [2.24, 2.45) is 0 Å². The monoisotopic (exact) mass is 653 g/mol. The molecule has 0 saturated carbocycles. The van der Waals surface area contributed by atoms with Crippen LogP contribution in [0.1, 0.15) is 25.0 Å². The molecule has 0 bridgehead atoms. The second kappa shape index (κ2) is 11.3. The van der Waals surface area contributed by atoms with Gasteiger partial charge in [0.25, 0.3) is 0 Å². The number of nitrogens with zero attached hydrogens (tertiary/aromatic N) is 1. The molecular formula is C49H35NO. The van der Waals surface area contributed by atoms with Crippen molar-refractivity contribution < 1.29 is 4.42 Å². The summed E-state index contributed by atoms with van der Waals surface area (Å²) in [6, 6.07) is 63.6. The van der Waals surface area contributed by atoms with Gasteiger partial charge in [-0.05, 0) is 86.8 Å². The molecule has 9 aromatic rings. The second-order valence-corrected chi connectivity index (χ2v) is 14.1. The number of rotatable bonds is 5. The fraction of sp³-hybridized carbons (Fsp3) is 0.0612. The van der Waals surface area contributed by atoms with Gasteiger partial charge in [0, 0.05) is 38.5 Å². The summed E-state index contributed by atoms with van der Waals surface area (Å²) in [5.41, 5.74) is 15.1. The van der Waals surface area contributed by atoms with Crippen LogP contribution in [0.5, 0.6) is 0 Å². The Labute approximate surface area is 297 Å². The van der Waals surface area contributed by atoms with E-state index in [2.05, 4.69) is 195 Å². The molecule has 0 aliphatic heterocycles. The minimum Gasteiger partial charge on any atom is -0.455 e. The molecule has 2 nitrogen and oxygen atoms in total. The number of hydrogen-bond acceptors (Lipinski definition) is 2. The molecule has 0 radical (unpaired) electrons. The van der Waals surface area contributed by atoms with E-state index in [1.165, 1.54) is 33.4 Å². The first-order valence-corrected chi connectivity index (χ1v) is 17.7. The van der Waals surface area contributed by atoms with E-state index < -0.39 is 0 Å². The summed E-state index contributed by atoms with van der Waals surface area (Å²) < 4.78 is 6.64. The predicted molar refractivity (Wildman–Crippen MR) is 214 cm³/mol. The zero-order valence-electron chi connectivity index (χ0n) is 28.6. The highest BCUT2D eigenvalue weighted by molar-refractivity contribution is 6.22. The van der Waals surface area contributed by atoms with Crippen LogP contribution in [-0.4, -0.2) is 0 Å². The van der Waals surface area contributed by atoms with E-state index in [9.17, 15) is 0 Å². The number of anilines is 3. The highest BCUT2D eigenvalue weighted by atomic mass is 16.3. The summed E-state index contributed by atoms with van der Waals surface area (Å²) >= 11 is 0. The van der Waals surface area contributed by atoms with Crippen LogP contribution in [0.3, 0.4) is 0 Å². The Balaban J connectivity index is 1.23. The summed E-state index contributed by atoms with van der Waals surface area (Å²) in [5.74, 6) is 0. The Kier molecular flexibility index (Phi) is 6.56. The van der Waals surface area contributed by atoms with Gasteiger partial charge in [-0.25, -0.2) is 0 Å². The molecule has 0 atom stereocenters. The van der Waals surface area contributed by atoms with E-state index >= 15 is 0 Å². The Morgan fingerprint density at radius 1 is 0.451 bits per heavy atom. The molecule has 1 aliphatic carbocycles. The van der Waals surface area contributed by atoms with Crippen LogP contribution in [-0.2, 0) is 5.41 Å². The van der Waals surface area contributed by atoms with Crippen molar-refractivity contribution in [1.29, 1.82) is 0 Å². The van der Waals surface area contributed by atoms with Gasteiger partial charge in [-0.2, -0.15) is 0 Å². The SMILES string of the molecule is CC1(C)c2ccccc2-c2ccc(N(c3ccc(-c4ccccc4)cc3)c3ccccc3-c3cc4ccccc4c4oc5ccccc5c34)cc21. The first kappa shape index (κ1) is 29.5.